The van der Waals surface area contributed by atoms with Crippen molar-refractivity contribution in [2.24, 2.45) is 5.92 Å². The summed E-state index contributed by atoms with van der Waals surface area (Å²) < 4.78 is 0. The normalized spacial score (nSPS) is 21.1. The van der Waals surface area contributed by atoms with Crippen LogP contribution in [0.5, 0.6) is 0 Å². The first-order chi connectivity index (χ1) is 9.65. The zero-order valence-corrected chi connectivity index (χ0v) is 12.1. The summed E-state index contributed by atoms with van der Waals surface area (Å²) in [6, 6.07) is 0. The zero-order valence-electron chi connectivity index (χ0n) is 12.1. The summed E-state index contributed by atoms with van der Waals surface area (Å²) in [4.78, 5) is 25.3. The molecule has 0 bridgehead atoms. The van der Waals surface area contributed by atoms with Gasteiger partial charge in [0.05, 0.1) is 12.6 Å². The van der Waals surface area contributed by atoms with E-state index in [4.69, 9.17) is 0 Å². The predicted molar refractivity (Wildman–Crippen MR) is 76.0 cm³/mol. The number of likely N-dealkylation sites (tertiary alicyclic amines) is 1. The molecule has 2 N–H and O–H groups in total. The van der Waals surface area contributed by atoms with E-state index in [9.17, 15) is 14.7 Å². The highest BCUT2D eigenvalue weighted by atomic mass is 16.3. The monoisotopic (exact) mass is 282 g/mol. The third-order valence-corrected chi connectivity index (χ3v) is 4.51. The second-order valence-electron chi connectivity index (χ2n) is 6.08. The third-order valence-electron chi connectivity index (χ3n) is 4.51. The van der Waals surface area contributed by atoms with Crippen LogP contribution in [0.2, 0.25) is 0 Å². The van der Waals surface area contributed by atoms with Crippen molar-refractivity contribution in [3.05, 3.63) is 0 Å². The van der Waals surface area contributed by atoms with Gasteiger partial charge in [0.2, 0.25) is 11.8 Å². The maximum atomic E-state index is 11.9. The molecule has 2 amide bonds. The molecule has 0 aromatic carbocycles. The van der Waals surface area contributed by atoms with Gasteiger partial charge >= 0.3 is 0 Å². The molecule has 114 valence electrons. The summed E-state index contributed by atoms with van der Waals surface area (Å²) >= 11 is 0. The number of nitrogens with zero attached hydrogens (tertiary/aromatic N) is 1. The maximum Gasteiger partial charge on any atom is 0.241 e. The summed E-state index contributed by atoms with van der Waals surface area (Å²) in [5.74, 6) is 0.661. The average molecular weight is 282 g/mol. The summed E-state index contributed by atoms with van der Waals surface area (Å²) in [6.45, 7) is 1.29. The van der Waals surface area contributed by atoms with Gasteiger partial charge in [0.25, 0.3) is 0 Å². The fourth-order valence-corrected chi connectivity index (χ4v) is 3.12. The lowest BCUT2D eigenvalue weighted by Crippen LogP contribution is -2.45. The SMILES string of the molecule is O=C(CCC1CCCC1)NCC(=O)N1CCC(O)CC1. The second kappa shape index (κ2) is 7.62. The molecule has 5 heteroatoms. The minimum atomic E-state index is -0.278. The molecule has 1 heterocycles. The van der Waals surface area contributed by atoms with Gasteiger partial charge in [-0.2, -0.15) is 0 Å². The van der Waals surface area contributed by atoms with Gasteiger partial charge in [0, 0.05) is 19.5 Å². The number of hydrogen-bond acceptors (Lipinski definition) is 3. The van der Waals surface area contributed by atoms with E-state index in [2.05, 4.69) is 5.32 Å². The molecule has 0 radical (unpaired) electrons. The van der Waals surface area contributed by atoms with Crippen LogP contribution in [-0.4, -0.2) is 47.6 Å². The highest BCUT2D eigenvalue weighted by Gasteiger charge is 2.21. The molecule has 0 aromatic rings. The number of rotatable bonds is 5. The van der Waals surface area contributed by atoms with E-state index in [0.717, 1.165) is 6.42 Å². The zero-order chi connectivity index (χ0) is 14.4. The Balaban J connectivity index is 1.58. The molecule has 20 heavy (non-hydrogen) atoms. The fourth-order valence-electron chi connectivity index (χ4n) is 3.12. The largest absolute Gasteiger partial charge is 0.393 e. The fraction of sp³-hybridized carbons (Fsp3) is 0.867. The average Bonchev–Trinajstić information content (AvgIpc) is 2.96. The Morgan fingerprint density at radius 1 is 1.10 bits per heavy atom. The molecular weight excluding hydrogens is 256 g/mol. The van der Waals surface area contributed by atoms with Crippen molar-refractivity contribution >= 4 is 11.8 Å². The van der Waals surface area contributed by atoms with Gasteiger partial charge in [-0.15, -0.1) is 0 Å². The minimum Gasteiger partial charge on any atom is -0.393 e. The van der Waals surface area contributed by atoms with Crippen LogP contribution in [-0.2, 0) is 9.59 Å². The maximum absolute atomic E-state index is 11.9. The second-order valence-corrected chi connectivity index (χ2v) is 6.08. The van der Waals surface area contributed by atoms with Crippen LogP contribution in [0, 0.1) is 5.92 Å². The van der Waals surface area contributed by atoms with Gasteiger partial charge in [0.1, 0.15) is 0 Å². The molecule has 0 unspecified atom stereocenters. The van der Waals surface area contributed by atoms with Crippen molar-refractivity contribution in [2.45, 2.75) is 57.5 Å². The summed E-state index contributed by atoms with van der Waals surface area (Å²) in [6.07, 6.45) is 7.59. The molecular formula is C15H26N2O3. The van der Waals surface area contributed by atoms with Gasteiger partial charge in [-0.25, -0.2) is 0 Å². The van der Waals surface area contributed by atoms with Crippen LogP contribution in [0.1, 0.15) is 51.4 Å². The Bertz CT molecular complexity index is 332. The Hall–Kier alpha value is -1.10. The molecule has 2 aliphatic rings. The number of aliphatic hydroxyl groups excluding tert-OH is 1. The lowest BCUT2D eigenvalue weighted by atomic mass is 10.0. The van der Waals surface area contributed by atoms with Gasteiger partial charge < -0.3 is 15.3 Å². The smallest absolute Gasteiger partial charge is 0.241 e. The Morgan fingerprint density at radius 3 is 2.40 bits per heavy atom. The standard InChI is InChI=1S/C15H26N2O3/c18-13-7-9-17(10-8-13)15(20)11-16-14(19)6-5-12-3-1-2-4-12/h12-13,18H,1-11H2,(H,16,19). The first kappa shape index (κ1) is 15.3. The highest BCUT2D eigenvalue weighted by Crippen LogP contribution is 2.28. The van der Waals surface area contributed by atoms with E-state index in [-0.39, 0.29) is 24.5 Å². The molecule has 2 fully saturated rings. The van der Waals surface area contributed by atoms with Crippen molar-refractivity contribution in [1.82, 2.24) is 10.2 Å². The van der Waals surface area contributed by atoms with Gasteiger partial charge in [-0.05, 0) is 25.2 Å². The van der Waals surface area contributed by atoms with Crippen LogP contribution in [0.25, 0.3) is 0 Å². The number of hydrogen-bond donors (Lipinski definition) is 2. The first-order valence-corrected chi connectivity index (χ1v) is 7.87. The summed E-state index contributed by atoms with van der Waals surface area (Å²) in [7, 11) is 0. The molecule has 1 aliphatic heterocycles. The Kier molecular flexibility index (Phi) is 5.83. The predicted octanol–water partition coefficient (Wildman–Crippen LogP) is 1.06. The van der Waals surface area contributed by atoms with Crippen molar-refractivity contribution in [2.75, 3.05) is 19.6 Å². The van der Waals surface area contributed by atoms with Crippen LogP contribution < -0.4 is 5.32 Å². The van der Waals surface area contributed by atoms with Crippen molar-refractivity contribution < 1.29 is 14.7 Å². The lowest BCUT2D eigenvalue weighted by Gasteiger charge is -2.29. The van der Waals surface area contributed by atoms with E-state index in [1.54, 1.807) is 4.90 Å². The molecule has 1 saturated carbocycles. The van der Waals surface area contributed by atoms with E-state index in [1.807, 2.05) is 0 Å². The number of piperidine rings is 1. The van der Waals surface area contributed by atoms with Crippen LogP contribution in [0.3, 0.4) is 0 Å². The molecule has 2 rings (SSSR count). The van der Waals surface area contributed by atoms with Crippen LogP contribution in [0.4, 0.5) is 0 Å². The van der Waals surface area contributed by atoms with E-state index in [1.165, 1.54) is 25.7 Å². The molecule has 0 atom stereocenters. The molecule has 0 spiro atoms. The summed E-state index contributed by atoms with van der Waals surface area (Å²) in [5.41, 5.74) is 0. The number of nitrogens with one attached hydrogen (secondary N) is 1. The quantitative estimate of drug-likeness (QED) is 0.792. The third kappa shape index (κ3) is 4.78. The summed E-state index contributed by atoms with van der Waals surface area (Å²) in [5, 5.41) is 12.1. The lowest BCUT2D eigenvalue weighted by molar-refractivity contribution is -0.134. The topological polar surface area (TPSA) is 69.6 Å². The molecule has 5 nitrogen and oxygen atoms in total. The minimum absolute atomic E-state index is 0.0118. The van der Waals surface area contributed by atoms with E-state index >= 15 is 0 Å². The number of amides is 2. The van der Waals surface area contributed by atoms with Gasteiger partial charge in [-0.3, -0.25) is 9.59 Å². The van der Waals surface area contributed by atoms with Crippen LogP contribution in [0.15, 0.2) is 0 Å². The number of aliphatic hydroxyl groups is 1. The van der Waals surface area contributed by atoms with Crippen LogP contribution >= 0.6 is 0 Å². The number of carbonyl (C=O) groups excluding carboxylic acids is 2. The number of carbonyl (C=O) groups is 2. The van der Waals surface area contributed by atoms with Crippen molar-refractivity contribution in [3.63, 3.8) is 0 Å². The Labute approximate surface area is 120 Å². The van der Waals surface area contributed by atoms with Gasteiger partial charge in [0.15, 0.2) is 0 Å². The molecule has 1 saturated heterocycles. The molecule has 0 aromatic heterocycles. The van der Waals surface area contributed by atoms with E-state index < -0.39 is 0 Å². The van der Waals surface area contributed by atoms with E-state index in [0.29, 0.717) is 38.3 Å². The first-order valence-electron chi connectivity index (χ1n) is 7.87. The van der Waals surface area contributed by atoms with Gasteiger partial charge in [-0.1, -0.05) is 25.7 Å². The van der Waals surface area contributed by atoms with Crippen molar-refractivity contribution in [1.29, 1.82) is 0 Å². The van der Waals surface area contributed by atoms with Crippen molar-refractivity contribution in [3.8, 4) is 0 Å². The molecule has 1 aliphatic carbocycles. The Morgan fingerprint density at radius 2 is 1.75 bits per heavy atom. The highest BCUT2D eigenvalue weighted by molar-refractivity contribution is 5.84.